The summed E-state index contributed by atoms with van der Waals surface area (Å²) >= 11 is 5.75. The van der Waals surface area contributed by atoms with Crippen LogP contribution in [0.25, 0.3) is 0 Å². The van der Waals surface area contributed by atoms with E-state index in [-0.39, 0.29) is 10.6 Å². The van der Waals surface area contributed by atoms with Crippen LogP contribution in [0.15, 0.2) is 12.1 Å². The zero-order chi connectivity index (χ0) is 10.3. The molecule has 14 heavy (non-hydrogen) atoms. The maximum Gasteiger partial charge on any atom is 0.142 e. The molecule has 1 nitrogen and oxygen atoms in total. The Morgan fingerprint density at radius 3 is 2.36 bits per heavy atom. The minimum absolute atomic E-state index is 0.100. The Balaban J connectivity index is 2.57. The van der Waals surface area contributed by atoms with Gasteiger partial charge < -0.3 is 5.32 Å². The second-order valence-corrected chi connectivity index (χ2v) is 3.93. The molecule has 4 heteroatoms. The molecule has 0 saturated heterocycles. The summed E-state index contributed by atoms with van der Waals surface area (Å²) in [5.41, 5.74) is -0.176. The van der Waals surface area contributed by atoms with Crippen molar-refractivity contribution < 1.29 is 8.78 Å². The predicted octanol–water partition coefficient (Wildman–Crippen LogP) is 2.83. The molecule has 1 fully saturated rings. The zero-order valence-corrected chi connectivity index (χ0v) is 8.46. The lowest BCUT2D eigenvalue weighted by atomic mass is 10.0. The highest BCUT2D eigenvalue weighted by Crippen LogP contribution is 2.49. The van der Waals surface area contributed by atoms with E-state index in [0.29, 0.717) is 0 Å². The molecule has 0 amide bonds. The van der Waals surface area contributed by atoms with E-state index in [0.717, 1.165) is 25.0 Å². The van der Waals surface area contributed by atoms with Crippen molar-refractivity contribution in [2.45, 2.75) is 18.4 Å². The van der Waals surface area contributed by atoms with Crippen LogP contribution in [0.2, 0.25) is 5.02 Å². The molecule has 0 aromatic heterocycles. The molecule has 0 atom stereocenters. The Hall–Kier alpha value is -0.670. The molecule has 1 saturated carbocycles. The number of halogens is 3. The summed E-state index contributed by atoms with van der Waals surface area (Å²) in [7, 11) is 1.73. The van der Waals surface area contributed by atoms with Gasteiger partial charge in [-0.2, -0.15) is 0 Å². The molecule has 0 radical (unpaired) electrons. The zero-order valence-electron chi connectivity index (χ0n) is 7.70. The van der Waals surface area contributed by atoms with Gasteiger partial charge in [0.1, 0.15) is 11.6 Å². The Morgan fingerprint density at radius 1 is 1.29 bits per heavy atom. The lowest BCUT2D eigenvalue weighted by Gasteiger charge is -2.17. The summed E-state index contributed by atoms with van der Waals surface area (Å²) in [5, 5.41) is 2.89. The molecule has 2 rings (SSSR count). The fourth-order valence-electron chi connectivity index (χ4n) is 1.72. The van der Waals surface area contributed by atoms with Gasteiger partial charge in [0, 0.05) is 11.1 Å². The molecule has 76 valence electrons. The maximum absolute atomic E-state index is 13.5. The van der Waals surface area contributed by atoms with Crippen molar-refractivity contribution in [1.82, 2.24) is 5.32 Å². The topological polar surface area (TPSA) is 12.0 Å². The van der Waals surface area contributed by atoms with E-state index in [9.17, 15) is 8.78 Å². The monoisotopic (exact) mass is 217 g/mol. The first-order valence-electron chi connectivity index (χ1n) is 4.43. The van der Waals surface area contributed by atoms with Crippen LogP contribution in [0.4, 0.5) is 8.78 Å². The van der Waals surface area contributed by atoms with Crippen LogP contribution in [-0.2, 0) is 5.54 Å². The Labute approximate surface area is 86.1 Å². The number of nitrogens with one attached hydrogen (secondary N) is 1. The van der Waals surface area contributed by atoms with Gasteiger partial charge in [-0.15, -0.1) is 0 Å². The molecule has 1 aromatic rings. The van der Waals surface area contributed by atoms with Crippen molar-refractivity contribution in [2.75, 3.05) is 7.05 Å². The van der Waals surface area contributed by atoms with Crippen molar-refractivity contribution in [1.29, 1.82) is 0 Å². The van der Waals surface area contributed by atoms with Crippen molar-refractivity contribution in [2.24, 2.45) is 0 Å². The van der Waals surface area contributed by atoms with E-state index in [1.807, 2.05) is 0 Å². The van der Waals surface area contributed by atoms with Gasteiger partial charge in [-0.1, -0.05) is 11.6 Å². The van der Waals surface area contributed by atoms with E-state index >= 15 is 0 Å². The third kappa shape index (κ3) is 1.31. The first kappa shape index (κ1) is 9.87. The van der Waals surface area contributed by atoms with Crippen LogP contribution in [0.5, 0.6) is 0 Å². The first-order valence-corrected chi connectivity index (χ1v) is 4.81. The largest absolute Gasteiger partial charge is 0.310 e. The van der Waals surface area contributed by atoms with Gasteiger partial charge >= 0.3 is 0 Å². The summed E-state index contributed by atoms with van der Waals surface area (Å²) in [5.74, 6) is -1.01. The molecule has 0 aliphatic heterocycles. The van der Waals surface area contributed by atoms with Gasteiger partial charge in [0.05, 0.1) is 5.02 Å². The molecule has 0 spiro atoms. The number of hydrogen-bond donors (Lipinski definition) is 1. The van der Waals surface area contributed by atoms with Crippen LogP contribution in [0.3, 0.4) is 0 Å². The summed E-state index contributed by atoms with van der Waals surface area (Å²) in [4.78, 5) is 0. The Kier molecular flexibility index (Phi) is 2.24. The third-order valence-corrected chi connectivity index (χ3v) is 3.12. The molecule has 1 aliphatic carbocycles. The average molecular weight is 218 g/mol. The fraction of sp³-hybridized carbons (Fsp3) is 0.400. The van der Waals surface area contributed by atoms with Crippen molar-refractivity contribution >= 4 is 11.6 Å². The van der Waals surface area contributed by atoms with Gasteiger partial charge in [-0.3, -0.25) is 0 Å². The highest BCUT2D eigenvalue weighted by atomic mass is 35.5. The van der Waals surface area contributed by atoms with Gasteiger partial charge in [0.25, 0.3) is 0 Å². The lowest BCUT2D eigenvalue weighted by molar-refractivity contribution is 0.515. The quantitative estimate of drug-likeness (QED) is 0.752. The van der Waals surface area contributed by atoms with E-state index in [4.69, 9.17) is 11.6 Å². The second-order valence-electron chi connectivity index (χ2n) is 3.55. The van der Waals surface area contributed by atoms with Crippen LogP contribution in [-0.4, -0.2) is 7.05 Å². The standard InChI is InChI=1S/C10H10ClF2N/c1-14-10(4-5-10)8-6(12)2-3-7(13)9(8)11/h2-3,14H,4-5H2,1H3. The highest BCUT2D eigenvalue weighted by Gasteiger charge is 2.46. The normalized spacial score (nSPS) is 18.3. The third-order valence-electron chi connectivity index (χ3n) is 2.75. The minimum Gasteiger partial charge on any atom is -0.310 e. The van der Waals surface area contributed by atoms with Gasteiger partial charge in [0.15, 0.2) is 0 Å². The summed E-state index contributed by atoms with van der Waals surface area (Å²) in [6.07, 6.45) is 1.59. The van der Waals surface area contributed by atoms with Gasteiger partial charge in [-0.05, 0) is 32.0 Å². The molecule has 0 heterocycles. The molecule has 0 unspecified atom stereocenters. The summed E-state index contributed by atoms with van der Waals surface area (Å²) in [6.45, 7) is 0. The van der Waals surface area contributed by atoms with E-state index < -0.39 is 17.2 Å². The van der Waals surface area contributed by atoms with Crippen LogP contribution in [0.1, 0.15) is 18.4 Å². The smallest absolute Gasteiger partial charge is 0.142 e. The summed E-state index contributed by atoms with van der Waals surface area (Å²) < 4.78 is 26.6. The lowest BCUT2D eigenvalue weighted by Crippen LogP contribution is -2.26. The predicted molar refractivity (Wildman–Crippen MR) is 51.3 cm³/mol. The molecule has 0 bridgehead atoms. The molecule has 1 aliphatic rings. The number of benzene rings is 1. The summed E-state index contributed by atoms with van der Waals surface area (Å²) in [6, 6.07) is 2.17. The SMILES string of the molecule is CNC1(c2c(F)ccc(F)c2Cl)CC1. The maximum atomic E-state index is 13.5. The van der Waals surface area contributed by atoms with Crippen molar-refractivity contribution in [3.8, 4) is 0 Å². The molecule has 1 N–H and O–H groups in total. The van der Waals surface area contributed by atoms with Gasteiger partial charge in [-0.25, -0.2) is 8.78 Å². The Bertz CT molecular complexity index is 375. The van der Waals surface area contributed by atoms with E-state index in [1.165, 1.54) is 0 Å². The second kappa shape index (κ2) is 3.17. The van der Waals surface area contributed by atoms with E-state index in [1.54, 1.807) is 7.05 Å². The Morgan fingerprint density at radius 2 is 1.86 bits per heavy atom. The average Bonchev–Trinajstić information content (AvgIpc) is 2.93. The van der Waals surface area contributed by atoms with Crippen molar-refractivity contribution in [3.63, 3.8) is 0 Å². The molecule has 1 aromatic carbocycles. The van der Waals surface area contributed by atoms with E-state index in [2.05, 4.69) is 5.32 Å². The fourth-order valence-corrected chi connectivity index (χ4v) is 2.05. The first-order chi connectivity index (χ1) is 6.60. The van der Waals surface area contributed by atoms with Crippen LogP contribution < -0.4 is 5.32 Å². The molecular weight excluding hydrogens is 208 g/mol. The number of rotatable bonds is 2. The van der Waals surface area contributed by atoms with Gasteiger partial charge in [0.2, 0.25) is 0 Å². The molecular formula is C10H10ClF2N. The van der Waals surface area contributed by atoms with Crippen LogP contribution >= 0.6 is 11.6 Å². The van der Waals surface area contributed by atoms with Crippen LogP contribution in [0, 0.1) is 11.6 Å². The minimum atomic E-state index is -0.565. The van der Waals surface area contributed by atoms with Crippen molar-refractivity contribution in [3.05, 3.63) is 34.4 Å². The number of hydrogen-bond acceptors (Lipinski definition) is 1. The highest BCUT2D eigenvalue weighted by molar-refractivity contribution is 6.31.